The average Bonchev–Trinajstić information content (AvgIpc) is 2.95. The zero-order valence-corrected chi connectivity index (χ0v) is 13.3. The van der Waals surface area contributed by atoms with Crippen molar-refractivity contribution in [3.8, 4) is 5.75 Å². The maximum atomic E-state index is 11.8. The fourth-order valence-corrected chi connectivity index (χ4v) is 2.24. The SMILES string of the molecule is C[C@@H](NC(=O)COc1cc(Cl)c(Cl)cc1Cl)c1ccco1. The summed E-state index contributed by atoms with van der Waals surface area (Å²) in [5.74, 6) is 0.656. The molecule has 0 unspecified atom stereocenters. The van der Waals surface area contributed by atoms with Gasteiger partial charge in [0.05, 0.1) is 27.4 Å². The molecule has 0 fully saturated rings. The third-order valence-electron chi connectivity index (χ3n) is 2.68. The van der Waals surface area contributed by atoms with Crippen LogP contribution in [0.25, 0.3) is 0 Å². The van der Waals surface area contributed by atoms with E-state index in [1.807, 2.05) is 6.92 Å². The van der Waals surface area contributed by atoms with E-state index in [-0.39, 0.29) is 23.6 Å². The molecule has 0 aliphatic rings. The highest BCUT2D eigenvalue weighted by Gasteiger charge is 2.13. The minimum absolute atomic E-state index is 0.192. The first-order valence-corrected chi connectivity index (χ1v) is 7.21. The number of rotatable bonds is 5. The first-order chi connectivity index (χ1) is 9.97. The smallest absolute Gasteiger partial charge is 0.258 e. The Kier molecular flexibility index (Phi) is 5.39. The molecular weight excluding hydrogens is 337 g/mol. The zero-order valence-electron chi connectivity index (χ0n) is 11.0. The van der Waals surface area contributed by atoms with Gasteiger partial charge in [0, 0.05) is 6.07 Å². The molecule has 1 aromatic carbocycles. The molecule has 112 valence electrons. The number of furan rings is 1. The molecule has 0 spiro atoms. The Bertz CT molecular complexity index is 629. The third-order valence-corrected chi connectivity index (χ3v) is 3.70. The van der Waals surface area contributed by atoms with Crippen molar-refractivity contribution in [3.63, 3.8) is 0 Å². The molecule has 1 amide bonds. The van der Waals surface area contributed by atoms with E-state index in [4.69, 9.17) is 44.0 Å². The lowest BCUT2D eigenvalue weighted by Gasteiger charge is -2.13. The molecular formula is C14H12Cl3NO3. The molecule has 0 aliphatic heterocycles. The number of carbonyl (C=O) groups is 1. The Morgan fingerprint density at radius 1 is 1.29 bits per heavy atom. The molecule has 2 aromatic rings. The van der Waals surface area contributed by atoms with Crippen LogP contribution in [0.5, 0.6) is 5.75 Å². The van der Waals surface area contributed by atoms with E-state index in [2.05, 4.69) is 5.32 Å². The third kappa shape index (κ3) is 4.30. The molecule has 0 bridgehead atoms. The largest absolute Gasteiger partial charge is 0.482 e. The molecule has 1 aromatic heterocycles. The van der Waals surface area contributed by atoms with Gasteiger partial charge in [-0.3, -0.25) is 4.79 Å². The highest BCUT2D eigenvalue weighted by Crippen LogP contribution is 2.33. The van der Waals surface area contributed by atoms with Crippen molar-refractivity contribution >= 4 is 40.7 Å². The maximum absolute atomic E-state index is 11.8. The number of hydrogen-bond donors (Lipinski definition) is 1. The van der Waals surface area contributed by atoms with Crippen molar-refractivity contribution in [2.24, 2.45) is 0 Å². The van der Waals surface area contributed by atoms with Gasteiger partial charge in [0.25, 0.3) is 5.91 Å². The molecule has 0 radical (unpaired) electrons. The number of ether oxygens (including phenoxy) is 1. The highest BCUT2D eigenvalue weighted by atomic mass is 35.5. The Hall–Kier alpha value is -1.36. The van der Waals surface area contributed by atoms with Crippen LogP contribution < -0.4 is 10.1 Å². The second-order valence-corrected chi connectivity index (χ2v) is 5.51. The van der Waals surface area contributed by atoms with Crippen LogP contribution in [-0.4, -0.2) is 12.5 Å². The number of amides is 1. The summed E-state index contributed by atoms with van der Waals surface area (Å²) in [6.07, 6.45) is 1.55. The highest BCUT2D eigenvalue weighted by molar-refractivity contribution is 6.43. The molecule has 0 saturated heterocycles. The first-order valence-electron chi connectivity index (χ1n) is 6.07. The second kappa shape index (κ2) is 7.07. The summed E-state index contributed by atoms with van der Waals surface area (Å²) < 4.78 is 10.5. The zero-order chi connectivity index (χ0) is 15.4. The van der Waals surface area contributed by atoms with Crippen LogP contribution in [0.2, 0.25) is 15.1 Å². The van der Waals surface area contributed by atoms with Gasteiger partial charge >= 0.3 is 0 Å². The normalized spacial score (nSPS) is 12.0. The minimum Gasteiger partial charge on any atom is -0.482 e. The van der Waals surface area contributed by atoms with Gasteiger partial charge in [0.2, 0.25) is 0 Å². The van der Waals surface area contributed by atoms with E-state index in [0.717, 1.165) is 0 Å². The van der Waals surface area contributed by atoms with Gasteiger partial charge in [-0.15, -0.1) is 0 Å². The Morgan fingerprint density at radius 3 is 2.67 bits per heavy atom. The van der Waals surface area contributed by atoms with E-state index in [0.29, 0.717) is 21.6 Å². The van der Waals surface area contributed by atoms with Gasteiger partial charge in [-0.05, 0) is 25.1 Å². The van der Waals surface area contributed by atoms with E-state index >= 15 is 0 Å². The minimum atomic E-state index is -0.305. The van der Waals surface area contributed by atoms with Crippen LogP contribution in [-0.2, 0) is 4.79 Å². The van der Waals surface area contributed by atoms with E-state index < -0.39 is 0 Å². The molecule has 0 aliphatic carbocycles. The molecule has 4 nitrogen and oxygen atoms in total. The molecule has 1 heterocycles. The van der Waals surface area contributed by atoms with Gasteiger partial charge in [-0.2, -0.15) is 0 Å². The quantitative estimate of drug-likeness (QED) is 0.810. The molecule has 1 atom stereocenters. The van der Waals surface area contributed by atoms with Crippen molar-refractivity contribution in [1.29, 1.82) is 0 Å². The lowest BCUT2D eigenvalue weighted by atomic mass is 10.2. The number of hydrogen-bond acceptors (Lipinski definition) is 3. The van der Waals surface area contributed by atoms with Crippen molar-refractivity contribution in [2.45, 2.75) is 13.0 Å². The Balaban J connectivity index is 1.91. The fraction of sp³-hybridized carbons (Fsp3) is 0.214. The lowest BCUT2D eigenvalue weighted by Crippen LogP contribution is -2.31. The predicted molar refractivity (Wildman–Crippen MR) is 82.2 cm³/mol. The lowest BCUT2D eigenvalue weighted by molar-refractivity contribution is -0.123. The Labute approximate surface area is 136 Å². The number of halogens is 3. The van der Waals surface area contributed by atoms with Crippen LogP contribution in [0, 0.1) is 0 Å². The van der Waals surface area contributed by atoms with Crippen molar-refractivity contribution < 1.29 is 13.9 Å². The summed E-state index contributed by atoms with van der Waals surface area (Å²) in [5.41, 5.74) is 0. The van der Waals surface area contributed by atoms with Crippen LogP contribution >= 0.6 is 34.8 Å². The van der Waals surface area contributed by atoms with Crippen LogP contribution in [0.1, 0.15) is 18.7 Å². The molecule has 21 heavy (non-hydrogen) atoms. The van der Waals surface area contributed by atoms with E-state index in [9.17, 15) is 4.79 Å². The summed E-state index contributed by atoms with van der Waals surface area (Å²) in [6.45, 7) is 1.62. The topological polar surface area (TPSA) is 51.5 Å². The van der Waals surface area contributed by atoms with Crippen LogP contribution in [0.3, 0.4) is 0 Å². The molecule has 0 saturated carbocycles. The fourth-order valence-electron chi connectivity index (χ4n) is 1.65. The molecule has 2 rings (SSSR count). The van der Waals surface area contributed by atoms with Gasteiger partial charge < -0.3 is 14.5 Å². The summed E-state index contributed by atoms with van der Waals surface area (Å²) in [6, 6.07) is 6.21. The number of carbonyl (C=O) groups excluding carboxylic acids is 1. The monoisotopic (exact) mass is 347 g/mol. The van der Waals surface area contributed by atoms with E-state index in [1.165, 1.54) is 12.1 Å². The number of nitrogens with one attached hydrogen (secondary N) is 1. The summed E-state index contributed by atoms with van der Waals surface area (Å²) in [5, 5.41) is 3.66. The maximum Gasteiger partial charge on any atom is 0.258 e. The summed E-state index contributed by atoms with van der Waals surface area (Å²) in [7, 11) is 0. The second-order valence-electron chi connectivity index (χ2n) is 4.29. The van der Waals surface area contributed by atoms with E-state index in [1.54, 1.807) is 18.4 Å². The summed E-state index contributed by atoms with van der Waals surface area (Å²) in [4.78, 5) is 11.8. The van der Waals surface area contributed by atoms with Gasteiger partial charge in [0.15, 0.2) is 6.61 Å². The van der Waals surface area contributed by atoms with Crippen LogP contribution in [0.15, 0.2) is 34.9 Å². The first kappa shape index (κ1) is 16.0. The van der Waals surface area contributed by atoms with Crippen molar-refractivity contribution in [1.82, 2.24) is 5.32 Å². The van der Waals surface area contributed by atoms with Gasteiger partial charge in [-0.1, -0.05) is 34.8 Å². The predicted octanol–water partition coefficient (Wildman–Crippen LogP) is 4.50. The van der Waals surface area contributed by atoms with Crippen molar-refractivity contribution in [2.75, 3.05) is 6.61 Å². The molecule has 7 heteroatoms. The van der Waals surface area contributed by atoms with Crippen molar-refractivity contribution in [3.05, 3.63) is 51.4 Å². The summed E-state index contributed by atoms with van der Waals surface area (Å²) >= 11 is 17.6. The standard InChI is InChI=1S/C14H12Cl3NO3/c1-8(12-3-2-4-20-12)18-14(19)7-21-13-6-10(16)9(15)5-11(13)17/h2-6,8H,7H2,1H3,(H,18,19)/t8-/m1/s1. The average molecular weight is 349 g/mol. The molecule has 1 N–H and O–H groups in total. The van der Waals surface area contributed by atoms with Gasteiger partial charge in [0.1, 0.15) is 11.5 Å². The van der Waals surface area contributed by atoms with Gasteiger partial charge in [-0.25, -0.2) is 0 Å². The Morgan fingerprint density at radius 2 is 2.00 bits per heavy atom. The van der Waals surface area contributed by atoms with Crippen LogP contribution in [0.4, 0.5) is 0 Å². The number of benzene rings is 1.